The molecule has 0 spiro atoms. The summed E-state index contributed by atoms with van der Waals surface area (Å²) in [6, 6.07) is 0. The lowest BCUT2D eigenvalue weighted by Crippen LogP contribution is -2.29. The minimum Gasteiger partial charge on any atom is -0.457 e. The molecule has 5 atom stereocenters. The molecule has 0 aromatic carbocycles. The highest BCUT2D eigenvalue weighted by Crippen LogP contribution is 2.45. The second-order valence-corrected chi connectivity index (χ2v) is 29.4. The zero-order valence-corrected chi connectivity index (χ0v) is 62.7. The molecule has 0 heterocycles. The van der Waals surface area contributed by atoms with Crippen molar-refractivity contribution >= 4 is 40.5 Å². The summed E-state index contributed by atoms with van der Waals surface area (Å²) in [6.45, 7) is 1.39. The number of hydrogen-bond acceptors (Lipinski definition) is 15. The summed E-state index contributed by atoms with van der Waals surface area (Å²) in [6.07, 6.45) is 71.5. The van der Waals surface area contributed by atoms with Crippen LogP contribution in [0.2, 0.25) is 0 Å². The van der Waals surface area contributed by atoms with Crippen molar-refractivity contribution in [3.63, 3.8) is 0 Å². The summed E-state index contributed by atoms with van der Waals surface area (Å²) in [4.78, 5) is 65.7. The second-order valence-electron chi connectivity index (χ2n) is 26.5. The molecular formula is C77H144O17P2. The quantitative estimate of drug-likeness (QED) is 0.0169. The molecule has 0 aliphatic rings. The second kappa shape index (κ2) is 75.4. The van der Waals surface area contributed by atoms with E-state index in [1.165, 1.54) is 135 Å². The number of phosphoric ester groups is 2. The Kier molecular flexibility index (Phi) is 73.7. The first kappa shape index (κ1) is 93.8. The van der Waals surface area contributed by atoms with Gasteiger partial charge in [0.05, 0.1) is 39.6 Å². The zero-order valence-electron chi connectivity index (χ0n) is 60.9. The van der Waals surface area contributed by atoms with Crippen LogP contribution >= 0.6 is 15.6 Å². The lowest BCUT2D eigenvalue weighted by atomic mass is 10.0. The van der Waals surface area contributed by atoms with Crippen molar-refractivity contribution in [3.05, 3.63) is 36.5 Å². The van der Waals surface area contributed by atoms with Gasteiger partial charge in [0, 0.05) is 45.5 Å². The van der Waals surface area contributed by atoms with E-state index < -0.39 is 59.7 Å². The van der Waals surface area contributed by atoms with Gasteiger partial charge in [-0.25, -0.2) is 9.13 Å². The Morgan fingerprint density at radius 1 is 0.323 bits per heavy atom. The van der Waals surface area contributed by atoms with Gasteiger partial charge in [0.1, 0.15) is 37.2 Å². The fourth-order valence-electron chi connectivity index (χ4n) is 11.1. The third kappa shape index (κ3) is 74.5. The normalized spacial score (nSPS) is 14.2. The van der Waals surface area contributed by atoms with Gasteiger partial charge in [-0.2, -0.15) is 0 Å². The van der Waals surface area contributed by atoms with Crippen LogP contribution in [-0.2, 0) is 65.4 Å². The highest BCUT2D eigenvalue weighted by molar-refractivity contribution is 7.47. The smallest absolute Gasteiger partial charge is 0.457 e. The van der Waals surface area contributed by atoms with Crippen LogP contribution in [0.15, 0.2) is 36.5 Å². The standard InChI is InChI=1S/C77H144O17P2/c1-2-3-4-5-6-7-8-19-26-33-40-47-54-61-77(82)94-76(71-88-66-59-52-45-38-31-23-16-11-9-13-20-27-34-41-48-55-62-78)73-93-96(85,86)91-69-74(81)68-90-95(83,84)92-72-75(70-87-65-58-51-44-37-30-24-18-15-22-29-36-43-50-57-64-80)89-67-60-53-46-39-32-25-17-12-10-14-21-28-35-42-49-56-63-79/h9-10,13-15,18,62-64,74-76,81H,2-8,11-12,16-17,19-61,65-73H2,1H3,(H,83,84)(H,85,86)/b13-9-,14-10-,18-15-/t74-,75+,76+/m0/s1. The van der Waals surface area contributed by atoms with Gasteiger partial charge in [0.2, 0.25) is 0 Å². The highest BCUT2D eigenvalue weighted by Gasteiger charge is 2.29. The van der Waals surface area contributed by atoms with E-state index in [1.54, 1.807) is 0 Å². The van der Waals surface area contributed by atoms with Gasteiger partial charge in [-0.3, -0.25) is 22.9 Å². The molecule has 0 aromatic heterocycles. The van der Waals surface area contributed by atoms with E-state index in [0.717, 1.165) is 199 Å². The Bertz CT molecular complexity index is 1870. The Balaban J connectivity index is 5.09. The minimum atomic E-state index is -4.82. The summed E-state index contributed by atoms with van der Waals surface area (Å²) < 4.78 is 70.6. The molecule has 0 rings (SSSR count). The van der Waals surface area contributed by atoms with Crippen molar-refractivity contribution in [3.8, 4) is 0 Å². The summed E-state index contributed by atoms with van der Waals surface area (Å²) >= 11 is 0. The molecule has 0 radical (unpaired) electrons. The van der Waals surface area contributed by atoms with Crippen LogP contribution in [-0.4, -0.2) is 117 Å². The molecule has 0 amide bonds. The van der Waals surface area contributed by atoms with Crippen LogP contribution in [0, 0.1) is 0 Å². The van der Waals surface area contributed by atoms with E-state index in [-0.39, 0.29) is 26.2 Å². The van der Waals surface area contributed by atoms with E-state index in [0.29, 0.717) is 45.5 Å². The van der Waals surface area contributed by atoms with E-state index in [9.17, 15) is 43.2 Å². The number of carbonyl (C=O) groups is 4. The predicted molar refractivity (Wildman–Crippen MR) is 391 cm³/mol. The average molecular weight is 1400 g/mol. The Hall–Kier alpha value is -2.24. The number of rotatable bonds is 81. The van der Waals surface area contributed by atoms with Gasteiger partial charge in [0.15, 0.2) is 0 Å². The largest absolute Gasteiger partial charge is 0.472 e. The average Bonchev–Trinajstić information content (AvgIpc) is 1.45. The first-order valence-corrected chi connectivity index (χ1v) is 42.1. The highest BCUT2D eigenvalue weighted by atomic mass is 31.2. The molecule has 0 saturated heterocycles. The lowest BCUT2D eigenvalue weighted by molar-refractivity contribution is -0.154. The number of allylic oxidation sites excluding steroid dienone is 6. The SMILES string of the molecule is CCCCCCCCCCCCCCCC(=O)O[C@H](COCCCCCCCCC/C=C\CCCCCCC=O)COP(=O)(O)OC[C@@H](O)COP(=O)(O)OC[C@@H](COCCCCCCC/C=C\CCCCCCC=O)OCCCCCCCCC/C=C\CCCCCCC=O. The molecule has 2 unspecified atom stereocenters. The topological polar surface area (TPSA) is 237 Å². The fraction of sp³-hybridized carbons (Fsp3) is 0.870. The van der Waals surface area contributed by atoms with Gasteiger partial charge >= 0.3 is 21.6 Å². The molecule has 96 heavy (non-hydrogen) atoms. The number of unbranched alkanes of at least 4 members (excludes halogenated alkanes) is 46. The summed E-state index contributed by atoms with van der Waals surface area (Å²) in [5, 5.41) is 10.6. The number of esters is 1. The van der Waals surface area contributed by atoms with E-state index in [4.69, 9.17) is 37.0 Å². The zero-order chi connectivity index (χ0) is 69.9. The Morgan fingerprint density at radius 2 is 0.583 bits per heavy atom. The maximum Gasteiger partial charge on any atom is 0.472 e. The summed E-state index contributed by atoms with van der Waals surface area (Å²) in [7, 11) is -9.55. The predicted octanol–water partition coefficient (Wildman–Crippen LogP) is 21.3. The molecule has 3 N–H and O–H groups in total. The summed E-state index contributed by atoms with van der Waals surface area (Å²) in [5.41, 5.74) is 0. The molecule has 0 aliphatic heterocycles. The van der Waals surface area contributed by atoms with E-state index >= 15 is 0 Å². The van der Waals surface area contributed by atoms with Crippen molar-refractivity contribution in [2.45, 2.75) is 372 Å². The van der Waals surface area contributed by atoms with Crippen LogP contribution in [0.3, 0.4) is 0 Å². The minimum absolute atomic E-state index is 0.0434. The van der Waals surface area contributed by atoms with Crippen LogP contribution in [0.5, 0.6) is 0 Å². The van der Waals surface area contributed by atoms with Gasteiger partial charge < -0.3 is 48.2 Å². The van der Waals surface area contributed by atoms with Crippen molar-refractivity contribution in [1.82, 2.24) is 0 Å². The monoisotopic (exact) mass is 1400 g/mol. The molecule has 19 heteroatoms. The summed E-state index contributed by atoms with van der Waals surface area (Å²) in [5.74, 6) is -0.446. The maximum absolute atomic E-state index is 13.1. The number of aliphatic hydroxyl groups excluding tert-OH is 1. The number of carbonyl (C=O) groups excluding carboxylic acids is 4. The number of phosphoric acid groups is 2. The van der Waals surface area contributed by atoms with Crippen molar-refractivity contribution in [2.24, 2.45) is 0 Å². The molecule has 0 saturated carbocycles. The number of ether oxygens (including phenoxy) is 4. The van der Waals surface area contributed by atoms with E-state index in [2.05, 4.69) is 43.4 Å². The van der Waals surface area contributed by atoms with Crippen LogP contribution in [0.25, 0.3) is 0 Å². The van der Waals surface area contributed by atoms with Gasteiger partial charge in [0.25, 0.3) is 0 Å². The number of aldehydes is 3. The molecule has 0 aromatic rings. The van der Waals surface area contributed by atoms with Gasteiger partial charge in [-0.15, -0.1) is 0 Å². The van der Waals surface area contributed by atoms with Crippen molar-refractivity contribution in [2.75, 3.05) is 59.5 Å². The van der Waals surface area contributed by atoms with Crippen LogP contribution in [0.4, 0.5) is 0 Å². The maximum atomic E-state index is 13.1. The third-order valence-electron chi connectivity index (χ3n) is 17.1. The van der Waals surface area contributed by atoms with E-state index in [1.807, 2.05) is 0 Å². The first-order valence-electron chi connectivity index (χ1n) is 39.1. The van der Waals surface area contributed by atoms with Crippen LogP contribution < -0.4 is 0 Å². The van der Waals surface area contributed by atoms with Crippen molar-refractivity contribution in [1.29, 1.82) is 0 Å². The molecule has 17 nitrogen and oxygen atoms in total. The number of hydrogen-bond donors (Lipinski definition) is 3. The molecule has 0 fully saturated rings. The Labute approximate surface area is 585 Å². The van der Waals surface area contributed by atoms with Crippen molar-refractivity contribution < 1.29 is 80.2 Å². The van der Waals surface area contributed by atoms with Gasteiger partial charge in [-0.05, 0) is 122 Å². The fourth-order valence-corrected chi connectivity index (χ4v) is 12.7. The molecule has 564 valence electrons. The molecule has 0 aliphatic carbocycles. The first-order chi connectivity index (χ1) is 47.0. The van der Waals surface area contributed by atoms with Crippen LogP contribution in [0.1, 0.15) is 354 Å². The Morgan fingerprint density at radius 3 is 0.917 bits per heavy atom. The molecular weight excluding hydrogens is 1260 g/mol. The third-order valence-corrected chi connectivity index (χ3v) is 19.0. The molecule has 0 bridgehead atoms. The lowest BCUT2D eigenvalue weighted by Gasteiger charge is -2.21. The number of aliphatic hydroxyl groups is 1. The van der Waals surface area contributed by atoms with Gasteiger partial charge in [-0.1, -0.05) is 242 Å².